The van der Waals surface area contributed by atoms with Crippen molar-refractivity contribution in [3.05, 3.63) is 22.9 Å². The lowest BCUT2D eigenvalue weighted by atomic mass is 10.1. The molecule has 0 aliphatic carbocycles. The van der Waals surface area contributed by atoms with Crippen molar-refractivity contribution in [3.8, 4) is 0 Å². The monoisotopic (exact) mass is 214 g/mol. The van der Waals surface area contributed by atoms with E-state index in [0.29, 0.717) is 6.61 Å². The van der Waals surface area contributed by atoms with Crippen LogP contribution in [0.1, 0.15) is 45.4 Å². The Morgan fingerprint density at radius 2 is 1.50 bits per heavy atom. The van der Waals surface area contributed by atoms with Crippen molar-refractivity contribution in [1.82, 2.24) is 0 Å². The predicted octanol–water partition coefficient (Wildman–Crippen LogP) is 4.09. The maximum atomic E-state index is 8.42. The molecule has 0 aliphatic rings. The van der Waals surface area contributed by atoms with Crippen LogP contribution < -0.4 is 0 Å². The summed E-state index contributed by atoms with van der Waals surface area (Å²) in [6.45, 7) is 2.58. The summed E-state index contributed by atoms with van der Waals surface area (Å²) in [7, 11) is 0. The van der Waals surface area contributed by atoms with Gasteiger partial charge in [0, 0.05) is 6.61 Å². The van der Waals surface area contributed by atoms with Gasteiger partial charge in [0.1, 0.15) is 0 Å². The Hall–Kier alpha value is -0.340. The summed E-state index contributed by atoms with van der Waals surface area (Å²) < 4.78 is 0. The second-order valence-electron chi connectivity index (χ2n) is 3.28. The molecule has 14 heavy (non-hydrogen) atoms. The van der Waals surface area contributed by atoms with Gasteiger partial charge < -0.3 is 5.11 Å². The van der Waals surface area contributed by atoms with Gasteiger partial charge in [0.05, 0.1) is 0 Å². The van der Waals surface area contributed by atoms with Gasteiger partial charge in [-0.15, -0.1) is 0 Å². The standard InChI is InChI=1S/C8H18O.C4H4S/c1-2-3-4-5-6-7-8-9;1-2-4-5-3-1/h9H,2-8H2,1H3;1-4H. The van der Waals surface area contributed by atoms with Crippen LogP contribution in [0.25, 0.3) is 0 Å². The molecule has 0 saturated carbocycles. The highest BCUT2D eigenvalue weighted by molar-refractivity contribution is 7.07. The lowest BCUT2D eigenvalue weighted by Crippen LogP contribution is -1.82. The molecule has 1 N–H and O–H groups in total. The van der Waals surface area contributed by atoms with Crippen LogP contribution in [0, 0.1) is 0 Å². The first-order valence-electron chi connectivity index (χ1n) is 5.49. The van der Waals surface area contributed by atoms with Crippen LogP contribution in [0.2, 0.25) is 0 Å². The molecule has 0 aliphatic heterocycles. The first-order chi connectivity index (χ1) is 6.91. The van der Waals surface area contributed by atoms with E-state index in [1.165, 1.54) is 32.1 Å². The van der Waals surface area contributed by atoms with Gasteiger partial charge in [0.2, 0.25) is 0 Å². The van der Waals surface area contributed by atoms with E-state index in [1.807, 2.05) is 22.9 Å². The van der Waals surface area contributed by atoms with Crippen LogP contribution in [0.15, 0.2) is 22.9 Å². The molecule has 1 nitrogen and oxygen atoms in total. The molecule has 1 aromatic rings. The van der Waals surface area contributed by atoms with Crippen LogP contribution in [0.5, 0.6) is 0 Å². The summed E-state index contributed by atoms with van der Waals surface area (Å²) in [5.74, 6) is 0. The van der Waals surface area contributed by atoms with Gasteiger partial charge in [-0.25, -0.2) is 0 Å². The average Bonchev–Trinajstić information content (AvgIpc) is 2.76. The molecule has 1 rings (SSSR count). The SMILES string of the molecule is CCCCCCCCO.c1ccsc1. The molecule has 1 aromatic heterocycles. The molecule has 0 atom stereocenters. The summed E-state index contributed by atoms with van der Waals surface area (Å²) in [4.78, 5) is 0. The summed E-state index contributed by atoms with van der Waals surface area (Å²) >= 11 is 1.71. The molecule has 0 spiro atoms. The largest absolute Gasteiger partial charge is 0.396 e. The van der Waals surface area contributed by atoms with E-state index in [-0.39, 0.29) is 0 Å². The zero-order valence-electron chi connectivity index (χ0n) is 9.11. The zero-order chi connectivity index (χ0) is 10.5. The number of aliphatic hydroxyl groups is 1. The van der Waals surface area contributed by atoms with E-state index in [4.69, 9.17) is 5.11 Å². The Labute approximate surface area is 91.8 Å². The minimum atomic E-state index is 0.367. The van der Waals surface area contributed by atoms with Gasteiger partial charge in [-0.3, -0.25) is 0 Å². The minimum Gasteiger partial charge on any atom is -0.396 e. The van der Waals surface area contributed by atoms with Crippen molar-refractivity contribution in [2.75, 3.05) is 6.61 Å². The number of aliphatic hydroxyl groups excluding tert-OH is 1. The molecule has 0 fully saturated rings. The highest BCUT2D eigenvalue weighted by Crippen LogP contribution is 2.03. The predicted molar refractivity (Wildman–Crippen MR) is 64.8 cm³/mol. The molecular formula is C12H22OS. The smallest absolute Gasteiger partial charge is 0.0431 e. The van der Waals surface area contributed by atoms with Gasteiger partial charge >= 0.3 is 0 Å². The molecule has 0 bridgehead atoms. The Morgan fingerprint density at radius 1 is 0.929 bits per heavy atom. The third-order valence-corrected chi connectivity index (χ3v) is 2.57. The molecule has 82 valence electrons. The molecule has 0 unspecified atom stereocenters. The zero-order valence-corrected chi connectivity index (χ0v) is 9.93. The number of unbranched alkanes of at least 4 members (excludes halogenated alkanes) is 5. The third-order valence-electron chi connectivity index (χ3n) is 1.94. The fourth-order valence-electron chi connectivity index (χ4n) is 1.12. The summed E-state index contributed by atoms with van der Waals surface area (Å²) in [6, 6.07) is 4.04. The van der Waals surface area contributed by atoms with Crippen LogP contribution in [0.4, 0.5) is 0 Å². The number of hydrogen-bond donors (Lipinski definition) is 1. The lowest BCUT2D eigenvalue weighted by Gasteiger charge is -1.95. The van der Waals surface area contributed by atoms with E-state index in [0.717, 1.165) is 6.42 Å². The molecule has 0 saturated heterocycles. The minimum absolute atomic E-state index is 0.367. The highest BCUT2D eigenvalue weighted by atomic mass is 32.1. The van der Waals surface area contributed by atoms with Crippen LogP contribution in [-0.2, 0) is 0 Å². The fourth-order valence-corrected chi connectivity index (χ4v) is 1.57. The van der Waals surface area contributed by atoms with E-state index in [1.54, 1.807) is 11.3 Å². The van der Waals surface area contributed by atoms with Gasteiger partial charge in [-0.05, 0) is 17.2 Å². The maximum absolute atomic E-state index is 8.42. The number of rotatable bonds is 6. The van der Waals surface area contributed by atoms with Crippen LogP contribution >= 0.6 is 11.3 Å². The second-order valence-corrected chi connectivity index (χ2v) is 4.10. The van der Waals surface area contributed by atoms with Crippen molar-refractivity contribution in [1.29, 1.82) is 0 Å². The number of hydrogen-bond acceptors (Lipinski definition) is 2. The van der Waals surface area contributed by atoms with Gasteiger partial charge in [0.25, 0.3) is 0 Å². The first-order valence-corrected chi connectivity index (χ1v) is 6.44. The summed E-state index contributed by atoms with van der Waals surface area (Å²) in [6.07, 6.45) is 7.50. The van der Waals surface area contributed by atoms with Crippen molar-refractivity contribution in [2.24, 2.45) is 0 Å². The molecule has 0 aromatic carbocycles. The first kappa shape index (κ1) is 13.7. The summed E-state index contributed by atoms with van der Waals surface area (Å²) in [5, 5.41) is 12.5. The average molecular weight is 214 g/mol. The molecule has 2 heteroatoms. The summed E-state index contributed by atoms with van der Waals surface area (Å²) in [5.41, 5.74) is 0. The van der Waals surface area contributed by atoms with E-state index in [2.05, 4.69) is 6.92 Å². The number of thiophene rings is 1. The van der Waals surface area contributed by atoms with Gasteiger partial charge in [0.15, 0.2) is 0 Å². The highest BCUT2D eigenvalue weighted by Gasteiger charge is 1.86. The second kappa shape index (κ2) is 12.7. The Morgan fingerprint density at radius 3 is 1.93 bits per heavy atom. The maximum Gasteiger partial charge on any atom is 0.0431 e. The van der Waals surface area contributed by atoms with Gasteiger partial charge in [-0.2, -0.15) is 11.3 Å². The van der Waals surface area contributed by atoms with E-state index >= 15 is 0 Å². The fraction of sp³-hybridized carbons (Fsp3) is 0.667. The molecule has 0 amide bonds. The van der Waals surface area contributed by atoms with Crippen LogP contribution in [0.3, 0.4) is 0 Å². The van der Waals surface area contributed by atoms with Gasteiger partial charge in [-0.1, -0.05) is 51.2 Å². The Kier molecular flexibility index (Phi) is 12.4. The normalized spacial score (nSPS) is 9.29. The van der Waals surface area contributed by atoms with Crippen molar-refractivity contribution >= 4 is 11.3 Å². The molecular weight excluding hydrogens is 192 g/mol. The topological polar surface area (TPSA) is 20.2 Å². The lowest BCUT2D eigenvalue weighted by molar-refractivity contribution is 0.282. The van der Waals surface area contributed by atoms with Crippen LogP contribution in [-0.4, -0.2) is 11.7 Å². The Balaban J connectivity index is 0.000000280. The Bertz CT molecular complexity index is 138. The van der Waals surface area contributed by atoms with E-state index in [9.17, 15) is 0 Å². The van der Waals surface area contributed by atoms with Crippen molar-refractivity contribution in [2.45, 2.75) is 45.4 Å². The third kappa shape index (κ3) is 11.7. The quantitative estimate of drug-likeness (QED) is 0.707. The van der Waals surface area contributed by atoms with Crippen molar-refractivity contribution < 1.29 is 5.11 Å². The molecule has 0 radical (unpaired) electrons. The van der Waals surface area contributed by atoms with E-state index < -0.39 is 0 Å². The van der Waals surface area contributed by atoms with Crippen molar-refractivity contribution in [3.63, 3.8) is 0 Å². The molecule has 1 heterocycles.